The van der Waals surface area contributed by atoms with E-state index < -0.39 is 0 Å². The molecule has 0 aromatic carbocycles. The Labute approximate surface area is 71.7 Å². The summed E-state index contributed by atoms with van der Waals surface area (Å²) in [5.41, 5.74) is 4.97. The van der Waals surface area contributed by atoms with Crippen LogP contribution in [0, 0.1) is 5.41 Å². The topological polar surface area (TPSA) is 55.6 Å². The molecular formula is C8H14N2O2. The van der Waals surface area contributed by atoms with Gasteiger partial charge < -0.3 is 10.5 Å². The van der Waals surface area contributed by atoms with Crippen molar-refractivity contribution in [3.05, 3.63) is 0 Å². The van der Waals surface area contributed by atoms with E-state index in [0.29, 0.717) is 6.04 Å². The zero-order chi connectivity index (χ0) is 8.77. The van der Waals surface area contributed by atoms with Gasteiger partial charge in [-0.1, -0.05) is 0 Å². The molecule has 2 rings (SSSR count). The van der Waals surface area contributed by atoms with Gasteiger partial charge >= 0.3 is 0 Å². The molecule has 0 saturated carbocycles. The van der Waals surface area contributed by atoms with Gasteiger partial charge in [0.25, 0.3) is 0 Å². The lowest BCUT2D eigenvalue weighted by molar-refractivity contribution is -0.153. The number of hydrogen-bond acceptors (Lipinski definition) is 3. The second kappa shape index (κ2) is 2.44. The molecule has 0 aromatic rings. The minimum atomic E-state index is -0.282. The summed E-state index contributed by atoms with van der Waals surface area (Å²) in [6.45, 7) is 5.15. The molecule has 0 aliphatic carbocycles. The Bertz CT molecular complexity index is 207. The third kappa shape index (κ3) is 1.03. The third-order valence-corrected chi connectivity index (χ3v) is 2.84. The van der Waals surface area contributed by atoms with E-state index in [9.17, 15) is 4.79 Å². The first-order chi connectivity index (χ1) is 5.62. The fourth-order valence-electron chi connectivity index (χ4n) is 1.70. The highest BCUT2D eigenvalue weighted by atomic mass is 16.5. The SMILES string of the molecule is CC1(C(N)=O)CN(C2COC2)C1. The van der Waals surface area contributed by atoms with Crippen molar-refractivity contribution in [1.29, 1.82) is 0 Å². The van der Waals surface area contributed by atoms with E-state index in [1.165, 1.54) is 0 Å². The molecule has 0 radical (unpaired) electrons. The quantitative estimate of drug-likeness (QED) is 0.590. The molecule has 2 aliphatic rings. The summed E-state index contributed by atoms with van der Waals surface area (Å²) in [5.74, 6) is -0.181. The van der Waals surface area contributed by atoms with Crippen molar-refractivity contribution in [1.82, 2.24) is 4.90 Å². The standard InChI is InChI=1S/C8H14N2O2/c1-8(7(9)11)4-10(5-8)6-2-12-3-6/h6H,2-5H2,1H3,(H2,9,11). The van der Waals surface area contributed by atoms with Gasteiger partial charge in [0.1, 0.15) is 0 Å². The van der Waals surface area contributed by atoms with Crippen molar-refractivity contribution in [2.45, 2.75) is 13.0 Å². The number of likely N-dealkylation sites (tertiary alicyclic amines) is 1. The lowest BCUT2D eigenvalue weighted by Gasteiger charge is -2.51. The Kier molecular flexibility index (Phi) is 1.63. The number of hydrogen-bond donors (Lipinski definition) is 1. The van der Waals surface area contributed by atoms with Crippen LogP contribution in [0.5, 0.6) is 0 Å². The monoisotopic (exact) mass is 170 g/mol. The molecule has 12 heavy (non-hydrogen) atoms. The first-order valence-electron chi connectivity index (χ1n) is 4.23. The molecule has 2 aliphatic heterocycles. The van der Waals surface area contributed by atoms with Crippen LogP contribution in [0.1, 0.15) is 6.92 Å². The van der Waals surface area contributed by atoms with Gasteiger partial charge in [0.15, 0.2) is 0 Å². The Morgan fingerprint density at radius 3 is 2.50 bits per heavy atom. The number of nitrogens with two attached hydrogens (primary N) is 1. The number of carbonyl (C=O) groups excluding carboxylic acids is 1. The molecule has 68 valence electrons. The lowest BCUT2D eigenvalue weighted by atomic mass is 9.80. The summed E-state index contributed by atoms with van der Waals surface area (Å²) < 4.78 is 5.06. The summed E-state index contributed by atoms with van der Waals surface area (Å²) in [5, 5.41) is 0. The van der Waals surface area contributed by atoms with Crippen LogP contribution in [0.4, 0.5) is 0 Å². The average Bonchev–Trinajstić information content (AvgIpc) is 1.79. The average molecular weight is 170 g/mol. The first kappa shape index (κ1) is 8.01. The third-order valence-electron chi connectivity index (χ3n) is 2.84. The highest BCUT2D eigenvalue weighted by Gasteiger charge is 2.47. The highest BCUT2D eigenvalue weighted by Crippen LogP contribution is 2.32. The van der Waals surface area contributed by atoms with Crippen molar-refractivity contribution in [2.24, 2.45) is 11.1 Å². The number of nitrogens with zero attached hydrogens (tertiary/aromatic N) is 1. The molecule has 0 atom stereocenters. The molecule has 4 heteroatoms. The van der Waals surface area contributed by atoms with E-state index >= 15 is 0 Å². The van der Waals surface area contributed by atoms with E-state index in [0.717, 1.165) is 26.3 Å². The number of primary amides is 1. The number of amides is 1. The fraction of sp³-hybridized carbons (Fsp3) is 0.875. The maximum absolute atomic E-state index is 10.9. The Morgan fingerprint density at radius 2 is 2.17 bits per heavy atom. The molecule has 0 unspecified atom stereocenters. The van der Waals surface area contributed by atoms with Crippen LogP contribution in [0.15, 0.2) is 0 Å². The lowest BCUT2D eigenvalue weighted by Crippen LogP contribution is -2.67. The van der Waals surface area contributed by atoms with Crippen molar-refractivity contribution in [2.75, 3.05) is 26.3 Å². The molecule has 0 bridgehead atoms. The van der Waals surface area contributed by atoms with Gasteiger partial charge in [-0.2, -0.15) is 0 Å². The van der Waals surface area contributed by atoms with Crippen LogP contribution in [-0.2, 0) is 9.53 Å². The predicted octanol–water partition coefficient (Wildman–Crippen LogP) is -0.808. The summed E-state index contributed by atoms with van der Waals surface area (Å²) >= 11 is 0. The predicted molar refractivity (Wildman–Crippen MR) is 43.5 cm³/mol. The second-order valence-corrected chi connectivity index (χ2v) is 4.02. The van der Waals surface area contributed by atoms with Gasteiger partial charge in [0.2, 0.25) is 5.91 Å². The molecule has 0 aromatic heterocycles. The minimum Gasteiger partial charge on any atom is -0.378 e. The fourth-order valence-corrected chi connectivity index (χ4v) is 1.70. The maximum atomic E-state index is 10.9. The number of carbonyl (C=O) groups is 1. The van der Waals surface area contributed by atoms with Gasteiger partial charge in [-0.25, -0.2) is 0 Å². The maximum Gasteiger partial charge on any atom is 0.225 e. The van der Waals surface area contributed by atoms with E-state index in [2.05, 4.69) is 4.90 Å². The minimum absolute atomic E-state index is 0.181. The molecular weight excluding hydrogens is 156 g/mol. The molecule has 2 N–H and O–H groups in total. The van der Waals surface area contributed by atoms with Crippen LogP contribution < -0.4 is 5.73 Å². The van der Waals surface area contributed by atoms with Gasteiger partial charge in [-0.15, -0.1) is 0 Å². The number of ether oxygens (including phenoxy) is 1. The van der Waals surface area contributed by atoms with Gasteiger partial charge in [0, 0.05) is 13.1 Å². The summed E-state index contributed by atoms with van der Waals surface area (Å²) in [7, 11) is 0. The van der Waals surface area contributed by atoms with Gasteiger partial charge in [0.05, 0.1) is 24.7 Å². The van der Waals surface area contributed by atoms with Crippen LogP contribution in [-0.4, -0.2) is 43.2 Å². The Hall–Kier alpha value is -0.610. The van der Waals surface area contributed by atoms with Crippen LogP contribution in [0.3, 0.4) is 0 Å². The first-order valence-corrected chi connectivity index (χ1v) is 4.23. The summed E-state index contributed by atoms with van der Waals surface area (Å²) in [6, 6.07) is 0.539. The Balaban J connectivity index is 1.85. The Morgan fingerprint density at radius 1 is 1.58 bits per heavy atom. The highest BCUT2D eigenvalue weighted by molar-refractivity contribution is 5.82. The van der Waals surface area contributed by atoms with E-state index in [-0.39, 0.29) is 11.3 Å². The van der Waals surface area contributed by atoms with Crippen molar-refractivity contribution in [3.8, 4) is 0 Å². The van der Waals surface area contributed by atoms with E-state index in [1.54, 1.807) is 0 Å². The second-order valence-electron chi connectivity index (χ2n) is 4.02. The number of rotatable bonds is 2. The molecule has 0 spiro atoms. The smallest absolute Gasteiger partial charge is 0.225 e. The van der Waals surface area contributed by atoms with Crippen molar-refractivity contribution in [3.63, 3.8) is 0 Å². The zero-order valence-corrected chi connectivity index (χ0v) is 7.25. The van der Waals surface area contributed by atoms with Gasteiger partial charge in [-0.05, 0) is 6.92 Å². The molecule has 2 saturated heterocycles. The van der Waals surface area contributed by atoms with Crippen molar-refractivity contribution < 1.29 is 9.53 Å². The molecule has 4 nitrogen and oxygen atoms in total. The van der Waals surface area contributed by atoms with Gasteiger partial charge in [-0.3, -0.25) is 9.69 Å². The summed E-state index contributed by atoms with van der Waals surface area (Å²) in [6.07, 6.45) is 0. The molecule has 2 fully saturated rings. The molecule has 2 heterocycles. The van der Waals surface area contributed by atoms with Crippen LogP contribution in [0.25, 0.3) is 0 Å². The van der Waals surface area contributed by atoms with E-state index in [1.807, 2.05) is 6.92 Å². The van der Waals surface area contributed by atoms with Crippen LogP contribution in [0.2, 0.25) is 0 Å². The van der Waals surface area contributed by atoms with Crippen LogP contribution >= 0.6 is 0 Å². The largest absolute Gasteiger partial charge is 0.378 e. The molecule has 1 amide bonds. The summed E-state index contributed by atoms with van der Waals surface area (Å²) in [4.78, 5) is 13.2. The zero-order valence-electron chi connectivity index (χ0n) is 7.25. The van der Waals surface area contributed by atoms with Crippen molar-refractivity contribution >= 4 is 5.91 Å². The normalized spacial score (nSPS) is 29.1. The van der Waals surface area contributed by atoms with E-state index in [4.69, 9.17) is 10.5 Å².